The zero-order chi connectivity index (χ0) is 16.1. The fourth-order valence-electron chi connectivity index (χ4n) is 1.34. The Morgan fingerprint density at radius 3 is 2.19 bits per heavy atom. The number of aromatic nitrogens is 3. The molecule has 0 aliphatic carbocycles. The Hall–Kier alpha value is -1.63. The maximum Gasteiger partial charge on any atom is 0.323 e. The molecule has 0 radical (unpaired) electrons. The lowest BCUT2D eigenvalue weighted by Gasteiger charge is -2.37. The number of rotatable bonds is 8. The summed E-state index contributed by atoms with van der Waals surface area (Å²) >= 11 is 0. The molecule has 3 N–H and O–H groups in total. The third kappa shape index (κ3) is 5.00. The highest BCUT2D eigenvalue weighted by atomic mass is 16.5. The summed E-state index contributed by atoms with van der Waals surface area (Å²) in [6.45, 7) is 12.5. The van der Waals surface area contributed by atoms with Crippen LogP contribution in [0, 0.1) is 0 Å². The second-order valence-corrected chi connectivity index (χ2v) is 5.95. The maximum absolute atomic E-state index is 10.2. The molecule has 0 aliphatic rings. The zero-order valence-electron chi connectivity index (χ0n) is 13.8. The molecule has 120 valence electrons. The summed E-state index contributed by atoms with van der Waals surface area (Å²) in [4.78, 5) is 12.7. The van der Waals surface area contributed by atoms with Crippen LogP contribution in [0.1, 0.15) is 48.0 Å². The van der Waals surface area contributed by atoms with Crippen LogP contribution >= 0.6 is 0 Å². The van der Waals surface area contributed by atoms with Crippen LogP contribution in [0.5, 0.6) is 6.01 Å². The van der Waals surface area contributed by atoms with E-state index >= 15 is 0 Å². The van der Waals surface area contributed by atoms with Crippen molar-refractivity contribution in [3.8, 4) is 6.01 Å². The third-order valence-electron chi connectivity index (χ3n) is 3.34. The molecule has 7 nitrogen and oxygen atoms in total. The van der Waals surface area contributed by atoms with Crippen molar-refractivity contribution in [2.24, 2.45) is 0 Å². The minimum atomic E-state index is -0.942. The summed E-state index contributed by atoms with van der Waals surface area (Å²) < 4.78 is 5.48. The van der Waals surface area contributed by atoms with Crippen molar-refractivity contribution in [3.63, 3.8) is 0 Å². The molecule has 0 bridgehead atoms. The smallest absolute Gasteiger partial charge is 0.323 e. The topological polar surface area (TPSA) is 92.2 Å². The van der Waals surface area contributed by atoms with E-state index in [9.17, 15) is 5.11 Å². The molecule has 1 aromatic rings. The molecule has 1 rings (SSSR count). The largest absolute Gasteiger partial charge is 0.463 e. The highest BCUT2D eigenvalue weighted by Crippen LogP contribution is 2.25. The van der Waals surface area contributed by atoms with Gasteiger partial charge in [-0.2, -0.15) is 15.0 Å². The second-order valence-electron chi connectivity index (χ2n) is 5.95. The van der Waals surface area contributed by atoms with Gasteiger partial charge in [0, 0.05) is 6.54 Å². The fraction of sp³-hybridized carbons (Fsp3) is 0.786. The Bertz CT molecular complexity index is 457. The van der Waals surface area contributed by atoms with Crippen LogP contribution in [0.3, 0.4) is 0 Å². The normalized spacial score (nSPS) is 12.1. The van der Waals surface area contributed by atoms with E-state index in [0.29, 0.717) is 25.0 Å². The lowest BCUT2D eigenvalue weighted by atomic mass is 9.86. The number of hydrogen-bond donors (Lipinski definition) is 3. The molecule has 0 atom stereocenters. The molecular weight excluding hydrogens is 270 g/mol. The summed E-state index contributed by atoms with van der Waals surface area (Å²) in [5.74, 6) is 0.826. The molecule has 0 fully saturated rings. The Morgan fingerprint density at radius 1 is 1.05 bits per heavy atom. The minimum absolute atomic E-state index is 0.275. The first-order valence-electron chi connectivity index (χ1n) is 7.33. The first-order valence-corrected chi connectivity index (χ1v) is 7.33. The first-order chi connectivity index (χ1) is 9.69. The molecular formula is C14H27N5O2. The van der Waals surface area contributed by atoms with E-state index in [4.69, 9.17) is 4.74 Å². The van der Waals surface area contributed by atoms with Crippen molar-refractivity contribution >= 4 is 11.9 Å². The molecule has 7 heteroatoms. The summed E-state index contributed by atoms with van der Waals surface area (Å²) in [5, 5.41) is 16.4. The van der Waals surface area contributed by atoms with Crippen molar-refractivity contribution in [3.05, 3.63) is 0 Å². The standard InChI is InChI=1S/C14H27N5O2/c1-7-9-21-12-17-10(15-8-2)16-11(18-12)19-13(3,4)14(5,6)20/h20H,7-9H2,1-6H3,(H2,15,16,17,18,19). The Balaban J connectivity index is 3.02. The van der Waals surface area contributed by atoms with Gasteiger partial charge in [-0.25, -0.2) is 0 Å². The van der Waals surface area contributed by atoms with E-state index in [1.54, 1.807) is 13.8 Å². The lowest BCUT2D eigenvalue weighted by molar-refractivity contribution is 0.0236. The minimum Gasteiger partial charge on any atom is -0.463 e. The number of nitrogens with zero attached hydrogens (tertiary/aromatic N) is 3. The molecule has 0 aromatic carbocycles. The molecule has 0 aliphatic heterocycles. The predicted octanol–water partition coefficient (Wildman–Crippen LogP) is 2.05. The van der Waals surface area contributed by atoms with Crippen LogP contribution in [0.25, 0.3) is 0 Å². The molecule has 21 heavy (non-hydrogen) atoms. The van der Waals surface area contributed by atoms with Crippen LogP contribution in [0.15, 0.2) is 0 Å². The molecule has 0 saturated heterocycles. The third-order valence-corrected chi connectivity index (χ3v) is 3.34. The van der Waals surface area contributed by atoms with Crippen molar-refractivity contribution in [2.75, 3.05) is 23.8 Å². The second kappa shape index (κ2) is 6.89. The van der Waals surface area contributed by atoms with Gasteiger partial charge in [0.15, 0.2) is 0 Å². The van der Waals surface area contributed by atoms with Gasteiger partial charge in [-0.05, 0) is 41.0 Å². The van der Waals surface area contributed by atoms with Gasteiger partial charge in [-0.3, -0.25) is 0 Å². The molecule has 0 spiro atoms. The summed E-state index contributed by atoms with van der Waals surface area (Å²) in [6, 6.07) is 0.275. The zero-order valence-corrected chi connectivity index (χ0v) is 13.8. The molecule has 0 amide bonds. The maximum atomic E-state index is 10.2. The number of nitrogens with one attached hydrogen (secondary N) is 2. The average Bonchev–Trinajstić information content (AvgIpc) is 2.34. The Kier molecular flexibility index (Phi) is 5.71. The number of hydrogen-bond acceptors (Lipinski definition) is 7. The number of anilines is 2. The van der Waals surface area contributed by atoms with E-state index in [1.807, 2.05) is 27.7 Å². The van der Waals surface area contributed by atoms with Gasteiger partial charge in [0.2, 0.25) is 11.9 Å². The van der Waals surface area contributed by atoms with Crippen molar-refractivity contribution in [1.29, 1.82) is 0 Å². The highest BCUT2D eigenvalue weighted by molar-refractivity contribution is 5.38. The van der Waals surface area contributed by atoms with E-state index in [2.05, 4.69) is 25.6 Å². The molecule has 0 saturated carbocycles. The summed E-state index contributed by atoms with van der Waals surface area (Å²) in [7, 11) is 0. The van der Waals surface area contributed by atoms with E-state index in [-0.39, 0.29) is 6.01 Å². The average molecular weight is 297 g/mol. The van der Waals surface area contributed by atoms with Gasteiger partial charge in [-0.1, -0.05) is 6.92 Å². The quantitative estimate of drug-likeness (QED) is 0.676. The summed E-state index contributed by atoms with van der Waals surface area (Å²) in [6.07, 6.45) is 0.875. The monoisotopic (exact) mass is 297 g/mol. The SMILES string of the molecule is CCCOc1nc(NCC)nc(NC(C)(C)C(C)(C)O)n1. The van der Waals surface area contributed by atoms with Gasteiger partial charge in [-0.15, -0.1) is 0 Å². The molecule has 1 aromatic heterocycles. The predicted molar refractivity (Wildman–Crippen MR) is 83.8 cm³/mol. The number of ether oxygens (including phenoxy) is 1. The molecule has 0 unspecified atom stereocenters. The molecule has 1 heterocycles. The Labute approximate surface area is 126 Å². The fourth-order valence-corrected chi connectivity index (χ4v) is 1.34. The van der Waals surface area contributed by atoms with Crippen molar-refractivity contribution in [2.45, 2.75) is 59.1 Å². The summed E-state index contributed by atoms with van der Waals surface area (Å²) in [5.41, 5.74) is -1.55. The Morgan fingerprint density at radius 2 is 1.67 bits per heavy atom. The van der Waals surface area contributed by atoms with Gasteiger partial charge >= 0.3 is 6.01 Å². The van der Waals surface area contributed by atoms with Crippen LogP contribution in [0.4, 0.5) is 11.9 Å². The van der Waals surface area contributed by atoms with E-state index < -0.39 is 11.1 Å². The van der Waals surface area contributed by atoms with Gasteiger partial charge < -0.3 is 20.5 Å². The van der Waals surface area contributed by atoms with Gasteiger partial charge in [0.05, 0.1) is 17.7 Å². The van der Waals surface area contributed by atoms with Crippen LogP contribution in [-0.2, 0) is 0 Å². The van der Waals surface area contributed by atoms with E-state index in [0.717, 1.165) is 6.42 Å². The van der Waals surface area contributed by atoms with Crippen LogP contribution in [0.2, 0.25) is 0 Å². The first kappa shape index (κ1) is 17.4. The van der Waals surface area contributed by atoms with Crippen LogP contribution in [-0.4, -0.2) is 44.4 Å². The van der Waals surface area contributed by atoms with Crippen molar-refractivity contribution < 1.29 is 9.84 Å². The van der Waals surface area contributed by atoms with Gasteiger partial charge in [0.1, 0.15) is 0 Å². The van der Waals surface area contributed by atoms with E-state index in [1.165, 1.54) is 0 Å². The lowest BCUT2D eigenvalue weighted by Crippen LogP contribution is -2.51. The van der Waals surface area contributed by atoms with Crippen molar-refractivity contribution in [1.82, 2.24) is 15.0 Å². The number of aliphatic hydroxyl groups is 1. The highest BCUT2D eigenvalue weighted by Gasteiger charge is 2.35. The van der Waals surface area contributed by atoms with Crippen LogP contribution < -0.4 is 15.4 Å². The van der Waals surface area contributed by atoms with Gasteiger partial charge in [0.25, 0.3) is 0 Å².